The van der Waals surface area contributed by atoms with Crippen molar-refractivity contribution in [1.29, 1.82) is 0 Å². The van der Waals surface area contributed by atoms with Crippen LogP contribution in [0.5, 0.6) is 0 Å². The summed E-state index contributed by atoms with van der Waals surface area (Å²) >= 11 is 0. The number of rotatable bonds is 5. The van der Waals surface area contributed by atoms with Crippen LogP contribution in [0, 0.1) is 11.7 Å². The number of ether oxygens (including phenoxy) is 1. The van der Waals surface area contributed by atoms with Crippen molar-refractivity contribution in [2.75, 3.05) is 45.9 Å². The normalized spacial score (nSPS) is 25.4. The van der Waals surface area contributed by atoms with E-state index in [4.69, 9.17) is 4.74 Å². The van der Waals surface area contributed by atoms with Gasteiger partial charge in [0.1, 0.15) is 5.82 Å². The molecule has 3 rings (SSSR count). The number of nitrogens with one attached hydrogen (secondary N) is 3. The Hall–Kier alpha value is -1.54. The average molecular weight is 322 g/mol. The van der Waals surface area contributed by atoms with Crippen molar-refractivity contribution >= 4 is 5.91 Å². The third kappa shape index (κ3) is 4.26. The van der Waals surface area contributed by atoms with Gasteiger partial charge in [-0.3, -0.25) is 15.1 Å². The minimum Gasteiger partial charge on any atom is -0.379 e. The van der Waals surface area contributed by atoms with Crippen molar-refractivity contribution in [3.05, 3.63) is 35.6 Å². The number of carbonyl (C=O) groups excluding carboxylic acids is 1. The summed E-state index contributed by atoms with van der Waals surface area (Å²) in [6, 6.07) is 6.13. The lowest BCUT2D eigenvalue weighted by Crippen LogP contribution is -2.43. The number of carbonyl (C=O) groups is 1. The van der Waals surface area contributed by atoms with Gasteiger partial charge in [0.15, 0.2) is 0 Å². The van der Waals surface area contributed by atoms with E-state index in [0.29, 0.717) is 13.1 Å². The summed E-state index contributed by atoms with van der Waals surface area (Å²) in [5, 5.41) is 3.01. The van der Waals surface area contributed by atoms with Gasteiger partial charge in [-0.25, -0.2) is 9.82 Å². The summed E-state index contributed by atoms with van der Waals surface area (Å²) in [6.45, 7) is 5.39. The molecule has 0 aromatic heterocycles. The van der Waals surface area contributed by atoms with Gasteiger partial charge >= 0.3 is 0 Å². The Kier molecular flexibility index (Phi) is 5.56. The number of hydrogen-bond donors (Lipinski definition) is 3. The second-order valence-corrected chi connectivity index (χ2v) is 5.91. The summed E-state index contributed by atoms with van der Waals surface area (Å²) in [4.78, 5) is 14.7. The quantitative estimate of drug-likeness (QED) is 0.714. The minimum absolute atomic E-state index is 0.0186. The van der Waals surface area contributed by atoms with Crippen LogP contribution in [-0.2, 0) is 9.53 Å². The number of amides is 1. The first kappa shape index (κ1) is 16.3. The highest BCUT2D eigenvalue weighted by atomic mass is 19.1. The summed E-state index contributed by atoms with van der Waals surface area (Å²) in [5.41, 5.74) is 7.03. The fourth-order valence-corrected chi connectivity index (χ4v) is 3.02. The van der Waals surface area contributed by atoms with E-state index in [-0.39, 0.29) is 23.7 Å². The van der Waals surface area contributed by atoms with Crippen LogP contribution in [0.3, 0.4) is 0 Å². The Morgan fingerprint density at radius 1 is 1.30 bits per heavy atom. The first-order valence-electron chi connectivity index (χ1n) is 8.06. The molecule has 2 fully saturated rings. The molecule has 3 N–H and O–H groups in total. The monoisotopic (exact) mass is 322 g/mol. The lowest BCUT2D eigenvalue weighted by atomic mass is 9.94. The highest BCUT2D eigenvalue weighted by molar-refractivity contribution is 5.80. The zero-order valence-electron chi connectivity index (χ0n) is 13.1. The standard InChI is InChI=1S/C16H23FN4O2/c17-13-3-1-12(2-4-13)15-14(11-19-20-15)16(22)18-5-6-21-7-9-23-10-8-21/h1-4,14-15,19-20H,5-11H2,(H,18,22). The number of morpholine rings is 1. The van der Waals surface area contributed by atoms with Crippen LogP contribution in [-0.4, -0.2) is 56.7 Å². The Morgan fingerprint density at radius 2 is 2.04 bits per heavy atom. The molecule has 7 heteroatoms. The van der Waals surface area contributed by atoms with Gasteiger partial charge in [0.05, 0.1) is 25.2 Å². The molecule has 2 unspecified atom stereocenters. The Morgan fingerprint density at radius 3 is 2.78 bits per heavy atom. The third-order valence-corrected chi connectivity index (χ3v) is 4.38. The molecular weight excluding hydrogens is 299 g/mol. The molecule has 2 saturated heterocycles. The molecule has 1 aromatic rings. The van der Waals surface area contributed by atoms with Crippen molar-refractivity contribution < 1.29 is 13.9 Å². The van der Waals surface area contributed by atoms with Crippen LogP contribution in [0.2, 0.25) is 0 Å². The molecule has 0 spiro atoms. The first-order chi connectivity index (χ1) is 11.2. The predicted molar refractivity (Wildman–Crippen MR) is 84.0 cm³/mol. The van der Waals surface area contributed by atoms with Crippen LogP contribution >= 0.6 is 0 Å². The van der Waals surface area contributed by atoms with E-state index >= 15 is 0 Å². The molecule has 0 bridgehead atoms. The second kappa shape index (κ2) is 7.83. The minimum atomic E-state index is -0.272. The molecule has 0 aliphatic carbocycles. The topological polar surface area (TPSA) is 65.6 Å². The fraction of sp³-hybridized carbons (Fsp3) is 0.562. The zero-order valence-corrected chi connectivity index (χ0v) is 13.1. The Balaban J connectivity index is 1.50. The molecule has 0 radical (unpaired) electrons. The van der Waals surface area contributed by atoms with Gasteiger partial charge in [0, 0.05) is 32.7 Å². The largest absolute Gasteiger partial charge is 0.379 e. The van der Waals surface area contributed by atoms with Gasteiger partial charge in [-0.15, -0.1) is 0 Å². The molecule has 23 heavy (non-hydrogen) atoms. The van der Waals surface area contributed by atoms with Crippen LogP contribution in [0.25, 0.3) is 0 Å². The molecule has 2 aliphatic rings. The molecule has 0 saturated carbocycles. The zero-order chi connectivity index (χ0) is 16.1. The Labute approximate surface area is 135 Å². The molecule has 1 aromatic carbocycles. The van der Waals surface area contributed by atoms with Crippen molar-refractivity contribution in [1.82, 2.24) is 21.1 Å². The highest BCUT2D eigenvalue weighted by Crippen LogP contribution is 2.25. The van der Waals surface area contributed by atoms with Crippen LogP contribution in [0.4, 0.5) is 4.39 Å². The smallest absolute Gasteiger partial charge is 0.226 e. The van der Waals surface area contributed by atoms with Gasteiger partial charge in [0.25, 0.3) is 0 Å². The number of nitrogens with zero attached hydrogens (tertiary/aromatic N) is 1. The summed E-state index contributed by atoms with van der Waals surface area (Å²) in [6.07, 6.45) is 0. The lowest BCUT2D eigenvalue weighted by molar-refractivity contribution is -0.125. The average Bonchev–Trinajstić information content (AvgIpc) is 3.06. The maximum Gasteiger partial charge on any atom is 0.226 e. The van der Waals surface area contributed by atoms with E-state index in [9.17, 15) is 9.18 Å². The SMILES string of the molecule is O=C(NCCN1CCOCC1)C1CNNC1c1ccc(F)cc1. The van der Waals surface area contributed by atoms with E-state index in [1.54, 1.807) is 12.1 Å². The maximum atomic E-state index is 13.0. The molecule has 6 nitrogen and oxygen atoms in total. The van der Waals surface area contributed by atoms with Crippen LogP contribution in [0.1, 0.15) is 11.6 Å². The molecule has 2 atom stereocenters. The fourth-order valence-electron chi connectivity index (χ4n) is 3.02. The van der Waals surface area contributed by atoms with Crippen LogP contribution in [0.15, 0.2) is 24.3 Å². The van der Waals surface area contributed by atoms with Crippen molar-refractivity contribution in [2.45, 2.75) is 6.04 Å². The number of halogens is 1. The van der Waals surface area contributed by atoms with Crippen molar-refractivity contribution in [2.24, 2.45) is 5.92 Å². The lowest BCUT2D eigenvalue weighted by Gasteiger charge is -2.27. The number of hydrogen-bond acceptors (Lipinski definition) is 5. The van der Waals surface area contributed by atoms with Crippen LogP contribution < -0.4 is 16.2 Å². The summed E-state index contributed by atoms with van der Waals surface area (Å²) in [7, 11) is 0. The van der Waals surface area contributed by atoms with E-state index in [2.05, 4.69) is 21.1 Å². The van der Waals surface area contributed by atoms with E-state index in [0.717, 1.165) is 38.4 Å². The highest BCUT2D eigenvalue weighted by Gasteiger charge is 2.33. The number of hydrazine groups is 1. The van der Waals surface area contributed by atoms with Crippen molar-refractivity contribution in [3.8, 4) is 0 Å². The maximum absolute atomic E-state index is 13.0. The van der Waals surface area contributed by atoms with E-state index in [1.165, 1.54) is 12.1 Å². The van der Waals surface area contributed by atoms with Gasteiger partial charge in [-0.1, -0.05) is 12.1 Å². The number of benzene rings is 1. The molecule has 2 aliphatic heterocycles. The van der Waals surface area contributed by atoms with Gasteiger partial charge in [0.2, 0.25) is 5.91 Å². The predicted octanol–water partition coefficient (Wildman–Crippen LogP) is 0.0392. The molecule has 2 heterocycles. The van der Waals surface area contributed by atoms with Gasteiger partial charge in [-0.2, -0.15) is 0 Å². The second-order valence-electron chi connectivity index (χ2n) is 5.91. The first-order valence-corrected chi connectivity index (χ1v) is 8.06. The van der Waals surface area contributed by atoms with Gasteiger partial charge in [-0.05, 0) is 17.7 Å². The molecule has 1 amide bonds. The summed E-state index contributed by atoms with van der Waals surface area (Å²) < 4.78 is 18.4. The van der Waals surface area contributed by atoms with E-state index in [1.807, 2.05) is 0 Å². The Bertz CT molecular complexity index is 519. The molecular formula is C16H23FN4O2. The van der Waals surface area contributed by atoms with E-state index < -0.39 is 0 Å². The summed E-state index contributed by atoms with van der Waals surface area (Å²) in [5.74, 6) is -0.457. The van der Waals surface area contributed by atoms with Crippen molar-refractivity contribution in [3.63, 3.8) is 0 Å². The molecule has 126 valence electrons. The third-order valence-electron chi connectivity index (χ3n) is 4.38. The van der Waals surface area contributed by atoms with Gasteiger partial charge < -0.3 is 10.1 Å².